The molecule has 0 radical (unpaired) electrons. The van der Waals surface area contributed by atoms with Crippen LogP contribution in [0.15, 0.2) is 45.3 Å². The van der Waals surface area contributed by atoms with Gasteiger partial charge in [-0.1, -0.05) is 12.1 Å². The van der Waals surface area contributed by atoms with Crippen LogP contribution in [-0.4, -0.2) is 17.0 Å². The van der Waals surface area contributed by atoms with Gasteiger partial charge in [-0.15, -0.1) is 0 Å². The Hall–Kier alpha value is -1.66. The Bertz CT molecular complexity index is 600. The maximum atomic E-state index is 13.8. The monoisotopic (exact) mass is 265 g/mol. The van der Waals surface area contributed by atoms with Gasteiger partial charge >= 0.3 is 0 Å². The lowest BCUT2D eigenvalue weighted by Gasteiger charge is -2.08. The van der Waals surface area contributed by atoms with Crippen LogP contribution in [0.1, 0.15) is 5.56 Å². The van der Waals surface area contributed by atoms with E-state index >= 15 is 0 Å². The zero-order valence-electron chi connectivity index (χ0n) is 9.74. The van der Waals surface area contributed by atoms with Crippen molar-refractivity contribution >= 4 is 11.8 Å². The van der Waals surface area contributed by atoms with Crippen LogP contribution in [0.25, 0.3) is 0 Å². The number of hydrogen-bond acceptors (Lipinski definition) is 4. The first-order chi connectivity index (χ1) is 8.70. The van der Waals surface area contributed by atoms with Crippen molar-refractivity contribution in [2.24, 2.45) is 0 Å². The van der Waals surface area contributed by atoms with Crippen LogP contribution < -0.4 is 10.9 Å². The van der Waals surface area contributed by atoms with Gasteiger partial charge in [0.2, 0.25) is 0 Å². The summed E-state index contributed by atoms with van der Waals surface area (Å²) in [5.41, 5.74) is 0.577. The first-order valence-electron chi connectivity index (χ1n) is 5.36. The van der Waals surface area contributed by atoms with Gasteiger partial charge in [0, 0.05) is 18.8 Å². The molecule has 1 aromatic heterocycles. The third kappa shape index (κ3) is 2.96. The number of halogens is 1. The van der Waals surface area contributed by atoms with Gasteiger partial charge < -0.3 is 10.3 Å². The van der Waals surface area contributed by atoms with Crippen LogP contribution in [0.3, 0.4) is 0 Å². The molecule has 1 heterocycles. The fourth-order valence-electron chi connectivity index (χ4n) is 1.50. The minimum absolute atomic E-state index is 0.251. The third-order valence-corrected chi connectivity index (χ3v) is 3.32. The lowest BCUT2D eigenvalue weighted by atomic mass is 10.2. The van der Waals surface area contributed by atoms with Gasteiger partial charge in [0.05, 0.1) is 4.90 Å². The summed E-state index contributed by atoms with van der Waals surface area (Å²) in [7, 11) is 1.79. The molecule has 6 heteroatoms. The maximum absolute atomic E-state index is 13.8. The number of nitrogens with zero attached hydrogens (tertiary/aromatic N) is 1. The topological polar surface area (TPSA) is 57.8 Å². The average molecular weight is 265 g/mol. The van der Waals surface area contributed by atoms with Gasteiger partial charge in [-0.05, 0) is 30.4 Å². The van der Waals surface area contributed by atoms with E-state index in [1.807, 2.05) is 6.07 Å². The molecule has 0 atom stereocenters. The van der Waals surface area contributed by atoms with Gasteiger partial charge in [0.15, 0.2) is 5.16 Å². The zero-order valence-corrected chi connectivity index (χ0v) is 10.6. The fourth-order valence-corrected chi connectivity index (χ4v) is 2.39. The molecule has 18 heavy (non-hydrogen) atoms. The molecule has 0 spiro atoms. The molecule has 2 rings (SSSR count). The smallest absolute Gasteiger partial charge is 0.251 e. The Kier molecular flexibility index (Phi) is 4.11. The Balaban J connectivity index is 2.36. The SMILES string of the molecule is CNCc1cccc(F)c1Sc1nccc(=O)[nH]1. The number of aromatic amines is 1. The second-order valence-electron chi connectivity index (χ2n) is 3.60. The number of rotatable bonds is 4. The summed E-state index contributed by atoms with van der Waals surface area (Å²) in [6.45, 7) is 0.553. The lowest BCUT2D eigenvalue weighted by Crippen LogP contribution is -2.08. The van der Waals surface area contributed by atoms with Crippen molar-refractivity contribution in [3.63, 3.8) is 0 Å². The number of aromatic nitrogens is 2. The van der Waals surface area contributed by atoms with Crippen molar-refractivity contribution < 1.29 is 4.39 Å². The summed E-state index contributed by atoms with van der Waals surface area (Å²) in [6, 6.07) is 6.21. The zero-order chi connectivity index (χ0) is 13.0. The first-order valence-corrected chi connectivity index (χ1v) is 6.17. The predicted molar refractivity (Wildman–Crippen MR) is 68.1 cm³/mol. The molecule has 94 valence electrons. The Morgan fingerprint density at radius 2 is 2.28 bits per heavy atom. The van der Waals surface area contributed by atoms with E-state index in [-0.39, 0.29) is 11.4 Å². The van der Waals surface area contributed by atoms with Gasteiger partial charge in [-0.25, -0.2) is 9.37 Å². The van der Waals surface area contributed by atoms with E-state index < -0.39 is 0 Å². The van der Waals surface area contributed by atoms with Crippen molar-refractivity contribution in [1.29, 1.82) is 0 Å². The van der Waals surface area contributed by atoms with Crippen molar-refractivity contribution in [3.8, 4) is 0 Å². The highest BCUT2D eigenvalue weighted by atomic mass is 32.2. The quantitative estimate of drug-likeness (QED) is 0.827. The molecule has 0 aliphatic rings. The Morgan fingerprint density at radius 1 is 1.44 bits per heavy atom. The van der Waals surface area contributed by atoms with E-state index in [1.165, 1.54) is 18.3 Å². The molecule has 2 N–H and O–H groups in total. The molecule has 2 aromatic rings. The number of hydrogen-bond donors (Lipinski definition) is 2. The summed E-state index contributed by atoms with van der Waals surface area (Å²) in [5.74, 6) is -0.320. The highest BCUT2D eigenvalue weighted by Gasteiger charge is 2.10. The minimum Gasteiger partial charge on any atom is -0.316 e. The summed E-state index contributed by atoms with van der Waals surface area (Å²) in [4.78, 5) is 18.2. The van der Waals surface area contributed by atoms with Gasteiger partial charge in [0.25, 0.3) is 5.56 Å². The van der Waals surface area contributed by atoms with E-state index in [2.05, 4.69) is 15.3 Å². The van der Waals surface area contributed by atoms with Crippen molar-refractivity contribution in [3.05, 3.63) is 52.2 Å². The normalized spacial score (nSPS) is 10.6. The van der Waals surface area contributed by atoms with E-state index in [1.54, 1.807) is 13.1 Å². The Morgan fingerprint density at radius 3 is 3.00 bits per heavy atom. The molecule has 0 saturated carbocycles. The standard InChI is InChI=1S/C12H12FN3OS/c1-14-7-8-3-2-4-9(13)11(8)18-12-15-6-5-10(17)16-12/h2-6,14H,7H2,1H3,(H,15,16,17). The molecule has 0 aliphatic carbocycles. The number of nitrogens with one attached hydrogen (secondary N) is 2. The van der Waals surface area contributed by atoms with Crippen LogP contribution in [0.4, 0.5) is 4.39 Å². The largest absolute Gasteiger partial charge is 0.316 e. The summed E-state index contributed by atoms with van der Waals surface area (Å²) < 4.78 is 13.8. The molecule has 4 nitrogen and oxygen atoms in total. The molecule has 0 amide bonds. The highest BCUT2D eigenvalue weighted by Crippen LogP contribution is 2.29. The van der Waals surface area contributed by atoms with E-state index in [0.29, 0.717) is 16.6 Å². The Labute approximate surface area is 108 Å². The highest BCUT2D eigenvalue weighted by molar-refractivity contribution is 7.99. The molecular weight excluding hydrogens is 253 g/mol. The van der Waals surface area contributed by atoms with Crippen LogP contribution in [0, 0.1) is 5.82 Å². The van der Waals surface area contributed by atoms with E-state index in [4.69, 9.17) is 0 Å². The lowest BCUT2D eigenvalue weighted by molar-refractivity contribution is 0.593. The molecule has 0 unspecified atom stereocenters. The van der Waals surface area contributed by atoms with Crippen molar-refractivity contribution in [2.75, 3.05) is 7.05 Å². The van der Waals surface area contributed by atoms with Crippen LogP contribution in [0.5, 0.6) is 0 Å². The van der Waals surface area contributed by atoms with Crippen LogP contribution >= 0.6 is 11.8 Å². The fraction of sp³-hybridized carbons (Fsp3) is 0.167. The predicted octanol–water partition coefficient (Wildman–Crippen LogP) is 1.78. The molecule has 1 aromatic carbocycles. The van der Waals surface area contributed by atoms with Gasteiger partial charge in [-0.3, -0.25) is 4.79 Å². The minimum atomic E-state index is -0.320. The average Bonchev–Trinajstić information content (AvgIpc) is 2.34. The van der Waals surface area contributed by atoms with Crippen LogP contribution in [-0.2, 0) is 6.54 Å². The molecule has 0 fully saturated rings. The van der Waals surface area contributed by atoms with Crippen LogP contribution in [0.2, 0.25) is 0 Å². The van der Waals surface area contributed by atoms with Gasteiger partial charge in [0.1, 0.15) is 5.82 Å². The summed E-state index contributed by atoms with van der Waals surface area (Å²) >= 11 is 1.11. The third-order valence-electron chi connectivity index (χ3n) is 2.26. The van der Waals surface area contributed by atoms with Crippen molar-refractivity contribution in [2.45, 2.75) is 16.6 Å². The molecule has 0 saturated heterocycles. The summed E-state index contributed by atoms with van der Waals surface area (Å²) in [6.07, 6.45) is 1.40. The molecular formula is C12H12FN3OS. The van der Waals surface area contributed by atoms with E-state index in [0.717, 1.165) is 17.3 Å². The maximum Gasteiger partial charge on any atom is 0.251 e. The second-order valence-corrected chi connectivity index (χ2v) is 4.60. The van der Waals surface area contributed by atoms with E-state index in [9.17, 15) is 9.18 Å². The number of H-pyrrole nitrogens is 1. The molecule has 0 bridgehead atoms. The first kappa shape index (κ1) is 12.8. The number of benzene rings is 1. The second kappa shape index (κ2) is 5.79. The van der Waals surface area contributed by atoms with Gasteiger partial charge in [-0.2, -0.15) is 0 Å². The summed E-state index contributed by atoms with van der Waals surface area (Å²) in [5, 5.41) is 3.36. The molecule has 0 aliphatic heterocycles. The van der Waals surface area contributed by atoms with Crippen molar-refractivity contribution in [1.82, 2.24) is 15.3 Å².